The van der Waals surface area contributed by atoms with Crippen LogP contribution in [0.4, 0.5) is 0 Å². The van der Waals surface area contributed by atoms with Gasteiger partial charge in [0.2, 0.25) is 0 Å². The van der Waals surface area contributed by atoms with E-state index in [-0.39, 0.29) is 17.1 Å². The monoisotopic (exact) mass is 677 g/mol. The predicted octanol–water partition coefficient (Wildman–Crippen LogP) is 14.9. The van der Waals surface area contributed by atoms with Crippen LogP contribution in [0.1, 0.15) is 222 Å². The van der Waals surface area contributed by atoms with Crippen molar-refractivity contribution in [3.63, 3.8) is 0 Å². The second kappa shape index (κ2) is 31.5. The summed E-state index contributed by atoms with van der Waals surface area (Å²) < 4.78 is 0. The molecule has 0 aliphatic carbocycles. The van der Waals surface area contributed by atoms with E-state index in [1.54, 1.807) is 11.1 Å². The van der Waals surface area contributed by atoms with Crippen LogP contribution in [0.5, 0.6) is 0 Å². The molecule has 0 bridgehead atoms. The van der Waals surface area contributed by atoms with Crippen LogP contribution in [0.15, 0.2) is 18.2 Å². The maximum Gasteiger partial charge on any atom is 2.00 e. The minimum absolute atomic E-state index is 0. The van der Waals surface area contributed by atoms with E-state index in [1.807, 2.05) is 27.8 Å². The van der Waals surface area contributed by atoms with Crippen molar-refractivity contribution in [2.24, 2.45) is 0 Å². The van der Waals surface area contributed by atoms with Crippen LogP contribution in [-0.2, 0) is 62.0 Å². The van der Waals surface area contributed by atoms with Crippen molar-refractivity contribution >= 4 is 0 Å². The van der Waals surface area contributed by atoms with Gasteiger partial charge in [-0.1, -0.05) is 228 Å². The third-order valence-corrected chi connectivity index (χ3v) is 10.1. The van der Waals surface area contributed by atoms with E-state index in [9.17, 15) is 0 Å². The van der Waals surface area contributed by atoms with Gasteiger partial charge in [-0.15, -0.1) is 0 Å². The summed E-state index contributed by atoms with van der Waals surface area (Å²) in [6.07, 6.45) is 38.1. The van der Waals surface area contributed by atoms with Crippen molar-refractivity contribution in [2.45, 2.75) is 228 Å². The van der Waals surface area contributed by atoms with Crippen molar-refractivity contribution in [1.29, 1.82) is 0 Å². The zero-order valence-electron chi connectivity index (χ0n) is 32.4. The normalized spacial score (nSPS) is 11.0. The molecule has 2 rings (SSSR count). The maximum atomic E-state index is 2.35. The second-order valence-electron chi connectivity index (χ2n) is 14.2. The molecule has 46 heavy (non-hydrogen) atoms. The minimum Gasteiger partial charge on any atom is -0.210 e. The number of aryl methyl sites for hydroxylation is 2. The molecule has 0 N–H and O–H groups in total. The summed E-state index contributed by atoms with van der Waals surface area (Å²) in [6, 6.07) is 6.86. The standard InChI is InChI=1S/C30H55.C15H25.Fe/c1-6-11-16-21-26-27(22-17-12-7-2)29(24-19-14-9-4)30(25-20-15-10-5)28(26)23-18-13-8-3;1-3-5-7-10-14-12-9-13-15(14)11-8-6-4-2;/h6-25H2,1-5H3;9,12-13H,3-8,10-11H2,1-2H3;/q2*-1;+2. The average Bonchev–Trinajstić information content (AvgIpc) is 3.60. The zero-order valence-corrected chi connectivity index (χ0v) is 33.5. The van der Waals surface area contributed by atoms with Crippen LogP contribution in [-0.4, -0.2) is 0 Å². The number of unbranched alkanes of at least 4 members (excludes halogenated alkanes) is 14. The molecule has 0 fully saturated rings. The molecule has 0 nitrogen and oxygen atoms in total. The Kier molecular flexibility index (Phi) is 31.0. The molecular formula is C45H80Fe. The fraction of sp³-hybridized carbons (Fsp3) is 0.778. The Balaban J connectivity index is 0.00000106. The summed E-state index contributed by atoms with van der Waals surface area (Å²) in [5.41, 5.74) is 12.4. The Morgan fingerprint density at radius 3 is 1.24 bits per heavy atom. The SMILES string of the molecule is CCCCCc1c(CCCCC)c(CCCCC)[c-](CCCCC)c1CCCCC.CCCCCc1cc[cH-]c1CCCCC.[Fe+2]. The van der Waals surface area contributed by atoms with Crippen LogP contribution in [0.2, 0.25) is 0 Å². The molecule has 0 aliphatic heterocycles. The van der Waals surface area contributed by atoms with Gasteiger partial charge < -0.3 is 0 Å². The molecular weight excluding hydrogens is 596 g/mol. The quantitative estimate of drug-likeness (QED) is 0.0478. The van der Waals surface area contributed by atoms with Gasteiger partial charge in [0.15, 0.2) is 0 Å². The molecule has 1 heteroatoms. The van der Waals surface area contributed by atoms with Gasteiger partial charge in [-0.2, -0.15) is 51.1 Å². The van der Waals surface area contributed by atoms with Crippen molar-refractivity contribution < 1.29 is 17.1 Å². The van der Waals surface area contributed by atoms with Gasteiger partial charge >= 0.3 is 17.1 Å². The number of hydrogen-bond donors (Lipinski definition) is 0. The van der Waals surface area contributed by atoms with Crippen LogP contribution >= 0.6 is 0 Å². The van der Waals surface area contributed by atoms with Gasteiger partial charge in [-0.25, -0.2) is 6.07 Å². The van der Waals surface area contributed by atoms with Crippen LogP contribution in [0.25, 0.3) is 0 Å². The molecule has 0 saturated heterocycles. The van der Waals surface area contributed by atoms with Gasteiger partial charge in [-0.05, 0) is 0 Å². The summed E-state index contributed by atoms with van der Waals surface area (Å²) in [4.78, 5) is 0. The van der Waals surface area contributed by atoms with Crippen molar-refractivity contribution in [1.82, 2.24) is 0 Å². The minimum atomic E-state index is 0. The second-order valence-corrected chi connectivity index (χ2v) is 14.2. The first-order valence-corrected chi connectivity index (χ1v) is 20.7. The van der Waals surface area contributed by atoms with E-state index in [1.165, 1.54) is 180 Å². The smallest absolute Gasteiger partial charge is 0.210 e. The van der Waals surface area contributed by atoms with E-state index < -0.39 is 0 Å². The Morgan fingerprint density at radius 1 is 0.435 bits per heavy atom. The van der Waals surface area contributed by atoms with Crippen molar-refractivity contribution in [3.8, 4) is 0 Å². The molecule has 0 heterocycles. The zero-order chi connectivity index (χ0) is 33.0. The van der Waals surface area contributed by atoms with E-state index in [0.29, 0.717) is 0 Å². The first-order chi connectivity index (χ1) is 22.1. The predicted molar refractivity (Wildman–Crippen MR) is 207 cm³/mol. The summed E-state index contributed by atoms with van der Waals surface area (Å²) in [5, 5.41) is 0. The molecule has 0 atom stereocenters. The third-order valence-electron chi connectivity index (χ3n) is 10.1. The molecule has 0 aliphatic rings. The average molecular weight is 677 g/mol. The molecule has 0 amide bonds. The Labute approximate surface area is 301 Å². The van der Waals surface area contributed by atoms with Crippen LogP contribution in [0, 0.1) is 0 Å². The van der Waals surface area contributed by atoms with E-state index in [2.05, 4.69) is 66.7 Å². The van der Waals surface area contributed by atoms with E-state index in [4.69, 9.17) is 0 Å². The molecule has 268 valence electrons. The fourth-order valence-corrected chi connectivity index (χ4v) is 7.29. The van der Waals surface area contributed by atoms with Gasteiger partial charge in [0.25, 0.3) is 0 Å². The fourth-order valence-electron chi connectivity index (χ4n) is 7.29. The maximum absolute atomic E-state index is 2.35. The summed E-state index contributed by atoms with van der Waals surface area (Å²) >= 11 is 0. The van der Waals surface area contributed by atoms with Crippen molar-refractivity contribution in [3.05, 3.63) is 57.1 Å². The van der Waals surface area contributed by atoms with E-state index >= 15 is 0 Å². The Bertz CT molecular complexity index is 761. The van der Waals surface area contributed by atoms with Gasteiger partial charge in [0.1, 0.15) is 0 Å². The van der Waals surface area contributed by atoms with Gasteiger partial charge in [0.05, 0.1) is 0 Å². The van der Waals surface area contributed by atoms with Gasteiger partial charge in [0, 0.05) is 0 Å². The molecule has 0 unspecified atom stereocenters. The molecule has 0 aromatic heterocycles. The summed E-state index contributed by atoms with van der Waals surface area (Å²) in [7, 11) is 0. The largest absolute Gasteiger partial charge is 2.00 e. The molecule has 0 saturated carbocycles. The first kappa shape index (κ1) is 45.2. The molecule has 2 aromatic rings. The number of hydrogen-bond acceptors (Lipinski definition) is 0. The third kappa shape index (κ3) is 18.7. The van der Waals surface area contributed by atoms with Gasteiger partial charge in [-0.3, -0.25) is 0 Å². The molecule has 0 spiro atoms. The first-order valence-electron chi connectivity index (χ1n) is 20.7. The van der Waals surface area contributed by atoms with Crippen LogP contribution in [0.3, 0.4) is 0 Å². The van der Waals surface area contributed by atoms with E-state index in [0.717, 1.165) is 0 Å². The molecule has 2 aromatic carbocycles. The number of rotatable bonds is 28. The Hall–Kier alpha value is -0.781. The Morgan fingerprint density at radius 2 is 0.804 bits per heavy atom. The topological polar surface area (TPSA) is 0 Å². The molecule has 0 radical (unpaired) electrons. The van der Waals surface area contributed by atoms with Crippen molar-refractivity contribution in [2.75, 3.05) is 0 Å². The summed E-state index contributed by atoms with van der Waals surface area (Å²) in [6.45, 7) is 16.3. The van der Waals surface area contributed by atoms with Crippen LogP contribution < -0.4 is 0 Å². The summed E-state index contributed by atoms with van der Waals surface area (Å²) in [5.74, 6) is 0.